The Morgan fingerprint density at radius 1 is 1.39 bits per heavy atom. The molecule has 0 aliphatic carbocycles. The second-order valence-electron chi connectivity index (χ2n) is 3.85. The zero-order valence-electron chi connectivity index (χ0n) is 9.60. The summed E-state index contributed by atoms with van der Waals surface area (Å²) in [6, 6.07) is 3.40. The van der Waals surface area contributed by atoms with E-state index in [1.165, 1.54) is 6.07 Å². The number of hydrogen-bond donors (Lipinski definition) is 0. The third-order valence-electron chi connectivity index (χ3n) is 2.64. The van der Waals surface area contributed by atoms with Gasteiger partial charge in [-0.05, 0) is 18.2 Å². The number of ether oxygens (including phenoxy) is 1. The molecule has 1 aliphatic heterocycles. The Labute approximate surface area is 102 Å². The molecule has 1 amide bonds. The number of carbonyl (C=O) groups is 3. The lowest BCUT2D eigenvalue weighted by Gasteiger charge is -2.17. The number of Topliss-reactive ketones (excluding diaryl/α,β-unsaturated/α-hetero) is 1. The van der Waals surface area contributed by atoms with Crippen molar-refractivity contribution < 1.29 is 23.5 Å². The van der Waals surface area contributed by atoms with E-state index in [-0.39, 0.29) is 30.0 Å². The van der Waals surface area contributed by atoms with Crippen LogP contribution in [0.15, 0.2) is 18.2 Å². The molecule has 94 valence electrons. The normalized spacial score (nSPS) is 15.1. The van der Waals surface area contributed by atoms with Gasteiger partial charge >= 0.3 is 5.97 Å². The zero-order chi connectivity index (χ0) is 13.3. The summed E-state index contributed by atoms with van der Waals surface area (Å²) >= 11 is 0. The second kappa shape index (κ2) is 4.56. The SMILES string of the molecule is COC(=O)c1cc(F)ccc1N1CC(=O)CC1=O. The van der Waals surface area contributed by atoms with Crippen molar-refractivity contribution in [2.24, 2.45) is 0 Å². The highest BCUT2D eigenvalue weighted by molar-refractivity contribution is 6.16. The molecule has 1 aromatic carbocycles. The van der Waals surface area contributed by atoms with E-state index in [2.05, 4.69) is 4.74 Å². The van der Waals surface area contributed by atoms with Crippen molar-refractivity contribution in [2.75, 3.05) is 18.6 Å². The van der Waals surface area contributed by atoms with E-state index in [9.17, 15) is 18.8 Å². The molecule has 0 radical (unpaired) electrons. The summed E-state index contributed by atoms with van der Waals surface area (Å²) in [7, 11) is 1.16. The van der Waals surface area contributed by atoms with Gasteiger partial charge in [0, 0.05) is 0 Å². The fraction of sp³-hybridized carbons (Fsp3) is 0.250. The third-order valence-corrected chi connectivity index (χ3v) is 2.64. The van der Waals surface area contributed by atoms with E-state index < -0.39 is 17.7 Å². The van der Waals surface area contributed by atoms with Crippen LogP contribution in [-0.2, 0) is 14.3 Å². The molecule has 1 fully saturated rings. The average molecular weight is 251 g/mol. The Morgan fingerprint density at radius 3 is 2.67 bits per heavy atom. The first-order valence-corrected chi connectivity index (χ1v) is 5.23. The Morgan fingerprint density at radius 2 is 2.11 bits per heavy atom. The summed E-state index contributed by atoms with van der Waals surface area (Å²) in [5.74, 6) is -2.01. The van der Waals surface area contributed by atoms with Crippen molar-refractivity contribution in [3.05, 3.63) is 29.6 Å². The maximum atomic E-state index is 13.1. The lowest BCUT2D eigenvalue weighted by molar-refractivity contribution is -0.121. The highest BCUT2D eigenvalue weighted by Gasteiger charge is 2.31. The number of hydrogen-bond acceptors (Lipinski definition) is 4. The van der Waals surface area contributed by atoms with Crippen LogP contribution in [-0.4, -0.2) is 31.3 Å². The molecule has 0 aromatic heterocycles. The topological polar surface area (TPSA) is 63.7 Å². The predicted molar refractivity (Wildman–Crippen MR) is 59.7 cm³/mol. The van der Waals surface area contributed by atoms with Crippen molar-refractivity contribution in [2.45, 2.75) is 6.42 Å². The minimum Gasteiger partial charge on any atom is -0.465 e. The maximum absolute atomic E-state index is 13.1. The van der Waals surface area contributed by atoms with Gasteiger partial charge in [-0.2, -0.15) is 0 Å². The molecular formula is C12H10FNO4. The van der Waals surface area contributed by atoms with E-state index in [4.69, 9.17) is 0 Å². The number of esters is 1. The molecule has 1 heterocycles. The van der Waals surface area contributed by atoms with Crippen molar-refractivity contribution >= 4 is 23.3 Å². The van der Waals surface area contributed by atoms with Crippen LogP contribution in [0.5, 0.6) is 0 Å². The van der Waals surface area contributed by atoms with Crippen molar-refractivity contribution in [3.8, 4) is 0 Å². The molecule has 1 saturated heterocycles. The number of carbonyl (C=O) groups excluding carboxylic acids is 3. The lowest BCUT2D eigenvalue weighted by atomic mass is 10.1. The molecule has 1 aliphatic rings. The number of rotatable bonds is 2. The molecular weight excluding hydrogens is 241 g/mol. The number of amides is 1. The summed E-state index contributed by atoms with van der Waals surface area (Å²) in [4.78, 5) is 35.5. The Hall–Kier alpha value is -2.24. The highest BCUT2D eigenvalue weighted by Crippen LogP contribution is 2.25. The predicted octanol–water partition coefficient (Wildman–Crippen LogP) is 0.918. The number of anilines is 1. The molecule has 0 unspecified atom stereocenters. The minimum absolute atomic E-state index is 0.0689. The smallest absolute Gasteiger partial charge is 0.340 e. The van der Waals surface area contributed by atoms with Gasteiger partial charge in [-0.25, -0.2) is 9.18 Å². The lowest BCUT2D eigenvalue weighted by Crippen LogP contribution is -2.26. The standard InChI is InChI=1S/C12H10FNO4/c1-18-12(17)9-4-7(13)2-3-10(9)14-6-8(15)5-11(14)16/h2-4H,5-6H2,1H3. The van der Waals surface area contributed by atoms with Gasteiger partial charge < -0.3 is 9.64 Å². The van der Waals surface area contributed by atoms with Crippen LogP contribution in [0.2, 0.25) is 0 Å². The molecule has 0 bridgehead atoms. The molecule has 6 heteroatoms. The molecule has 0 atom stereocenters. The molecule has 18 heavy (non-hydrogen) atoms. The largest absolute Gasteiger partial charge is 0.465 e. The fourth-order valence-electron chi connectivity index (χ4n) is 1.82. The second-order valence-corrected chi connectivity index (χ2v) is 3.85. The maximum Gasteiger partial charge on any atom is 0.340 e. The van der Waals surface area contributed by atoms with E-state index in [0.717, 1.165) is 24.1 Å². The fourth-order valence-corrected chi connectivity index (χ4v) is 1.82. The van der Waals surface area contributed by atoms with Crippen molar-refractivity contribution in [3.63, 3.8) is 0 Å². The van der Waals surface area contributed by atoms with Crippen LogP contribution in [0.4, 0.5) is 10.1 Å². The van der Waals surface area contributed by atoms with Gasteiger partial charge in [-0.15, -0.1) is 0 Å². The summed E-state index contributed by atoms with van der Waals surface area (Å²) in [5.41, 5.74) is 0.125. The summed E-state index contributed by atoms with van der Waals surface area (Å²) in [5, 5.41) is 0. The molecule has 5 nitrogen and oxygen atoms in total. The number of methoxy groups -OCH3 is 1. The van der Waals surface area contributed by atoms with Gasteiger partial charge in [0.15, 0.2) is 5.78 Å². The summed E-state index contributed by atoms with van der Waals surface area (Å²) < 4.78 is 17.7. The summed E-state index contributed by atoms with van der Waals surface area (Å²) in [6.45, 7) is -0.103. The van der Waals surface area contributed by atoms with Crippen molar-refractivity contribution in [1.29, 1.82) is 0 Å². The quantitative estimate of drug-likeness (QED) is 0.579. The van der Waals surface area contributed by atoms with Gasteiger partial charge in [0.2, 0.25) is 5.91 Å². The minimum atomic E-state index is -0.753. The van der Waals surface area contributed by atoms with E-state index in [1.807, 2.05) is 0 Å². The van der Waals surface area contributed by atoms with Gasteiger partial charge in [0.1, 0.15) is 5.82 Å². The van der Waals surface area contributed by atoms with Gasteiger partial charge in [-0.3, -0.25) is 9.59 Å². The van der Waals surface area contributed by atoms with Crippen LogP contribution in [0.1, 0.15) is 16.8 Å². The Kier molecular flexibility index (Phi) is 3.10. The first kappa shape index (κ1) is 12.2. The number of halogens is 1. The van der Waals surface area contributed by atoms with E-state index in [1.54, 1.807) is 0 Å². The summed E-state index contributed by atoms with van der Waals surface area (Å²) in [6.07, 6.45) is -0.196. The van der Waals surface area contributed by atoms with Crippen molar-refractivity contribution in [1.82, 2.24) is 0 Å². The van der Waals surface area contributed by atoms with Crippen LogP contribution >= 0.6 is 0 Å². The van der Waals surface area contributed by atoms with E-state index in [0.29, 0.717) is 0 Å². The molecule has 1 aromatic rings. The van der Waals surface area contributed by atoms with Gasteiger partial charge in [0.05, 0.1) is 31.3 Å². The Bertz CT molecular complexity index is 541. The van der Waals surface area contributed by atoms with Gasteiger partial charge in [-0.1, -0.05) is 0 Å². The Balaban J connectivity index is 2.47. The highest BCUT2D eigenvalue weighted by atomic mass is 19.1. The first-order valence-electron chi connectivity index (χ1n) is 5.23. The third kappa shape index (κ3) is 2.09. The number of benzene rings is 1. The zero-order valence-corrected chi connectivity index (χ0v) is 9.60. The van der Waals surface area contributed by atoms with Crippen LogP contribution in [0, 0.1) is 5.82 Å². The molecule has 0 spiro atoms. The molecule has 0 N–H and O–H groups in total. The first-order chi connectivity index (χ1) is 8.52. The average Bonchev–Trinajstić information content (AvgIpc) is 2.67. The molecule has 2 rings (SSSR count). The van der Waals surface area contributed by atoms with Gasteiger partial charge in [0.25, 0.3) is 0 Å². The number of nitrogens with zero attached hydrogens (tertiary/aromatic N) is 1. The van der Waals surface area contributed by atoms with Crippen LogP contribution < -0.4 is 4.90 Å². The van der Waals surface area contributed by atoms with Crippen LogP contribution in [0.25, 0.3) is 0 Å². The monoisotopic (exact) mass is 251 g/mol. The molecule has 0 saturated carbocycles. The van der Waals surface area contributed by atoms with E-state index >= 15 is 0 Å². The number of ketones is 1. The van der Waals surface area contributed by atoms with Crippen LogP contribution in [0.3, 0.4) is 0 Å².